The first-order valence-corrected chi connectivity index (χ1v) is 9.41. The van der Waals surface area contributed by atoms with Gasteiger partial charge in [0.05, 0.1) is 11.3 Å². The van der Waals surface area contributed by atoms with Gasteiger partial charge in [-0.1, -0.05) is 17.8 Å². The van der Waals surface area contributed by atoms with Gasteiger partial charge >= 0.3 is 6.18 Å². The standard InChI is InChI=1S/C20H15F4N3OS/c1-12-9-18(27-19(25-12)13-5-7-15(21)8-6-13)29-11-17(28)26-16-4-2-3-14(10-16)20(22,23)24/h2-10H,11H2,1H3,(H,26,28). The van der Waals surface area contributed by atoms with Crippen LogP contribution in [0.15, 0.2) is 59.6 Å². The first-order chi connectivity index (χ1) is 13.7. The second kappa shape index (κ2) is 8.60. The predicted octanol–water partition coefficient (Wildman–Crippen LogP) is 5.34. The van der Waals surface area contributed by atoms with Gasteiger partial charge in [-0.3, -0.25) is 4.79 Å². The summed E-state index contributed by atoms with van der Waals surface area (Å²) >= 11 is 1.12. The van der Waals surface area contributed by atoms with Crippen LogP contribution >= 0.6 is 11.8 Å². The van der Waals surface area contributed by atoms with Crippen LogP contribution in [0.1, 0.15) is 11.3 Å². The number of carbonyl (C=O) groups excluding carboxylic acids is 1. The van der Waals surface area contributed by atoms with Crippen LogP contribution < -0.4 is 5.32 Å². The molecule has 0 atom stereocenters. The zero-order valence-corrected chi connectivity index (χ0v) is 15.9. The molecule has 0 aliphatic heterocycles. The highest BCUT2D eigenvalue weighted by atomic mass is 32.2. The molecule has 1 heterocycles. The number of nitrogens with one attached hydrogen (secondary N) is 1. The minimum atomic E-state index is -4.48. The molecule has 0 fully saturated rings. The summed E-state index contributed by atoms with van der Waals surface area (Å²) in [5.41, 5.74) is 0.528. The minimum Gasteiger partial charge on any atom is -0.325 e. The van der Waals surface area contributed by atoms with Gasteiger partial charge in [-0.05, 0) is 55.5 Å². The summed E-state index contributed by atoms with van der Waals surface area (Å²) in [5, 5.41) is 2.97. The summed E-state index contributed by atoms with van der Waals surface area (Å²) in [6, 6.07) is 11.8. The second-order valence-electron chi connectivity index (χ2n) is 6.09. The summed E-state index contributed by atoms with van der Waals surface area (Å²) in [6.07, 6.45) is -4.48. The van der Waals surface area contributed by atoms with Crippen molar-refractivity contribution in [2.24, 2.45) is 0 Å². The highest BCUT2D eigenvalue weighted by Gasteiger charge is 2.30. The van der Waals surface area contributed by atoms with Gasteiger partial charge in [0.25, 0.3) is 0 Å². The van der Waals surface area contributed by atoms with Gasteiger partial charge in [-0.25, -0.2) is 14.4 Å². The lowest BCUT2D eigenvalue weighted by Crippen LogP contribution is -2.15. The molecular weight excluding hydrogens is 406 g/mol. The Kier molecular flexibility index (Phi) is 6.17. The number of thioether (sulfide) groups is 1. The third-order valence-corrected chi connectivity index (χ3v) is 4.67. The average Bonchev–Trinajstić information content (AvgIpc) is 2.66. The first kappa shape index (κ1) is 20.8. The quantitative estimate of drug-likeness (QED) is 0.343. The van der Waals surface area contributed by atoms with Gasteiger partial charge in [0, 0.05) is 16.9 Å². The number of benzene rings is 2. The fraction of sp³-hybridized carbons (Fsp3) is 0.150. The summed E-state index contributed by atoms with van der Waals surface area (Å²) < 4.78 is 51.4. The molecule has 0 unspecified atom stereocenters. The molecule has 3 rings (SSSR count). The molecule has 0 saturated heterocycles. The SMILES string of the molecule is Cc1cc(SCC(=O)Nc2cccc(C(F)(F)F)c2)nc(-c2ccc(F)cc2)n1. The lowest BCUT2D eigenvalue weighted by atomic mass is 10.2. The van der Waals surface area contributed by atoms with E-state index in [9.17, 15) is 22.4 Å². The van der Waals surface area contributed by atoms with E-state index in [1.165, 1.54) is 24.3 Å². The molecule has 2 aromatic carbocycles. The van der Waals surface area contributed by atoms with E-state index in [0.29, 0.717) is 22.1 Å². The van der Waals surface area contributed by atoms with Crippen LogP contribution in [0.2, 0.25) is 0 Å². The summed E-state index contributed by atoms with van der Waals surface area (Å²) in [7, 11) is 0. The van der Waals surface area contributed by atoms with Crippen molar-refractivity contribution in [3.63, 3.8) is 0 Å². The van der Waals surface area contributed by atoms with Gasteiger partial charge in [0.15, 0.2) is 5.82 Å². The smallest absolute Gasteiger partial charge is 0.325 e. The Morgan fingerprint density at radius 1 is 1.07 bits per heavy atom. The Morgan fingerprint density at radius 3 is 2.48 bits per heavy atom. The van der Waals surface area contributed by atoms with E-state index in [2.05, 4.69) is 15.3 Å². The number of halogens is 4. The Hall–Kier alpha value is -2.94. The van der Waals surface area contributed by atoms with Crippen LogP contribution in [0.4, 0.5) is 23.2 Å². The van der Waals surface area contributed by atoms with Crippen LogP contribution in [0.5, 0.6) is 0 Å². The zero-order valence-electron chi connectivity index (χ0n) is 15.1. The molecule has 29 heavy (non-hydrogen) atoms. The normalized spacial score (nSPS) is 11.3. The van der Waals surface area contributed by atoms with Crippen LogP contribution in [-0.4, -0.2) is 21.6 Å². The van der Waals surface area contributed by atoms with E-state index >= 15 is 0 Å². The monoisotopic (exact) mass is 421 g/mol. The molecule has 1 amide bonds. The van der Waals surface area contributed by atoms with E-state index in [0.717, 1.165) is 23.9 Å². The molecule has 9 heteroatoms. The van der Waals surface area contributed by atoms with Crippen molar-refractivity contribution in [2.45, 2.75) is 18.1 Å². The number of rotatable bonds is 5. The van der Waals surface area contributed by atoms with E-state index in [-0.39, 0.29) is 17.3 Å². The minimum absolute atomic E-state index is 0.0461. The lowest BCUT2D eigenvalue weighted by Gasteiger charge is -2.10. The van der Waals surface area contributed by atoms with Crippen molar-refractivity contribution in [1.29, 1.82) is 0 Å². The fourth-order valence-corrected chi connectivity index (χ4v) is 3.21. The molecule has 0 bridgehead atoms. The van der Waals surface area contributed by atoms with Crippen molar-refractivity contribution >= 4 is 23.4 Å². The van der Waals surface area contributed by atoms with Gasteiger partial charge in [-0.15, -0.1) is 0 Å². The fourth-order valence-electron chi connectivity index (χ4n) is 2.45. The number of anilines is 1. The number of amides is 1. The van der Waals surface area contributed by atoms with Crippen molar-refractivity contribution in [2.75, 3.05) is 11.1 Å². The molecule has 0 aliphatic carbocycles. The molecular formula is C20H15F4N3OS. The maximum Gasteiger partial charge on any atom is 0.416 e. The number of hydrogen-bond donors (Lipinski definition) is 1. The molecule has 0 spiro atoms. The number of hydrogen-bond acceptors (Lipinski definition) is 4. The van der Waals surface area contributed by atoms with Crippen LogP contribution in [0.3, 0.4) is 0 Å². The topological polar surface area (TPSA) is 54.9 Å². The first-order valence-electron chi connectivity index (χ1n) is 8.42. The molecule has 0 radical (unpaired) electrons. The summed E-state index contributed by atoms with van der Waals surface area (Å²) in [5.74, 6) is -0.489. The largest absolute Gasteiger partial charge is 0.416 e. The molecule has 1 aromatic heterocycles. The Balaban J connectivity index is 1.67. The van der Waals surface area contributed by atoms with Gasteiger partial charge in [0.1, 0.15) is 10.8 Å². The average molecular weight is 421 g/mol. The van der Waals surface area contributed by atoms with Crippen LogP contribution in [-0.2, 0) is 11.0 Å². The van der Waals surface area contributed by atoms with Gasteiger partial charge < -0.3 is 5.32 Å². The second-order valence-corrected chi connectivity index (χ2v) is 7.09. The molecule has 1 N–H and O–H groups in total. The van der Waals surface area contributed by atoms with E-state index in [4.69, 9.17) is 0 Å². The number of carbonyl (C=O) groups is 1. The lowest BCUT2D eigenvalue weighted by molar-refractivity contribution is -0.137. The van der Waals surface area contributed by atoms with E-state index < -0.39 is 17.6 Å². The van der Waals surface area contributed by atoms with E-state index in [1.807, 2.05) is 0 Å². The number of aromatic nitrogens is 2. The van der Waals surface area contributed by atoms with Crippen molar-refractivity contribution in [3.05, 3.63) is 71.7 Å². The van der Waals surface area contributed by atoms with Crippen molar-refractivity contribution in [1.82, 2.24) is 9.97 Å². The molecule has 0 saturated carbocycles. The highest BCUT2D eigenvalue weighted by molar-refractivity contribution is 7.99. The van der Waals surface area contributed by atoms with Crippen LogP contribution in [0, 0.1) is 12.7 Å². The van der Waals surface area contributed by atoms with Gasteiger partial charge in [-0.2, -0.15) is 13.2 Å². The Labute approximate surface area is 168 Å². The summed E-state index contributed by atoms with van der Waals surface area (Å²) in [6.45, 7) is 1.77. The Bertz CT molecular complexity index is 1020. The molecule has 3 aromatic rings. The molecule has 0 aliphatic rings. The molecule has 150 valence electrons. The molecule has 4 nitrogen and oxygen atoms in total. The zero-order chi connectivity index (χ0) is 21.0. The third-order valence-electron chi connectivity index (χ3n) is 3.76. The van der Waals surface area contributed by atoms with Crippen molar-refractivity contribution < 1.29 is 22.4 Å². The number of alkyl halides is 3. The maximum absolute atomic E-state index is 13.1. The van der Waals surface area contributed by atoms with Crippen LogP contribution in [0.25, 0.3) is 11.4 Å². The predicted molar refractivity (Wildman–Crippen MR) is 103 cm³/mol. The van der Waals surface area contributed by atoms with Gasteiger partial charge in [0.2, 0.25) is 5.91 Å². The number of aryl methyl sites for hydroxylation is 1. The maximum atomic E-state index is 13.1. The van der Waals surface area contributed by atoms with Crippen molar-refractivity contribution in [3.8, 4) is 11.4 Å². The number of nitrogens with zero attached hydrogens (tertiary/aromatic N) is 2. The van der Waals surface area contributed by atoms with E-state index in [1.54, 1.807) is 25.1 Å². The third kappa shape index (κ3) is 5.77. The Morgan fingerprint density at radius 2 is 1.79 bits per heavy atom. The highest BCUT2D eigenvalue weighted by Crippen LogP contribution is 2.30. The summed E-state index contributed by atoms with van der Waals surface area (Å²) in [4.78, 5) is 20.8.